The van der Waals surface area contributed by atoms with Crippen LogP contribution in [0.25, 0.3) is 0 Å². The topological polar surface area (TPSA) is 114 Å². The highest BCUT2D eigenvalue weighted by molar-refractivity contribution is 5.92. The minimum Gasteiger partial charge on any atom is -0.396 e. The first kappa shape index (κ1) is 22.3. The zero-order chi connectivity index (χ0) is 22.2. The summed E-state index contributed by atoms with van der Waals surface area (Å²) in [6.45, 7) is 0.305. The molecular formula is C20H26F3N3O4. The summed E-state index contributed by atoms with van der Waals surface area (Å²) in [5, 5.41) is 11.9. The lowest BCUT2D eigenvalue weighted by atomic mass is 9.84. The van der Waals surface area contributed by atoms with Gasteiger partial charge in [-0.15, -0.1) is 0 Å². The van der Waals surface area contributed by atoms with Crippen molar-refractivity contribution in [1.29, 1.82) is 0 Å². The van der Waals surface area contributed by atoms with Crippen LogP contribution in [-0.2, 0) is 23.9 Å². The van der Waals surface area contributed by atoms with Crippen LogP contribution < -0.4 is 16.6 Å². The fourth-order valence-electron chi connectivity index (χ4n) is 5.15. The van der Waals surface area contributed by atoms with Gasteiger partial charge in [0.05, 0.1) is 0 Å². The first-order valence-electron chi connectivity index (χ1n) is 10.1. The van der Waals surface area contributed by atoms with Crippen LogP contribution in [0.4, 0.5) is 13.2 Å². The molecule has 2 aliphatic rings. The molecule has 166 valence electrons. The molecule has 2 saturated carbocycles. The molecule has 0 saturated heterocycles. The number of rotatable bonds is 7. The summed E-state index contributed by atoms with van der Waals surface area (Å²) >= 11 is 0. The van der Waals surface area contributed by atoms with Crippen molar-refractivity contribution in [3.63, 3.8) is 0 Å². The van der Waals surface area contributed by atoms with Gasteiger partial charge in [0.1, 0.15) is 17.8 Å². The average Bonchev–Trinajstić information content (AvgIpc) is 3.26. The highest BCUT2D eigenvalue weighted by Gasteiger charge is 2.42. The summed E-state index contributed by atoms with van der Waals surface area (Å²) in [4.78, 5) is 36.7. The molecule has 3 rings (SSSR count). The summed E-state index contributed by atoms with van der Waals surface area (Å²) in [7, 11) is 0. The predicted octanol–water partition coefficient (Wildman–Crippen LogP) is 1.44. The molecule has 0 radical (unpaired) electrons. The number of aliphatic hydroxyl groups is 1. The van der Waals surface area contributed by atoms with Gasteiger partial charge in [-0.1, -0.05) is 6.42 Å². The molecule has 10 heteroatoms. The lowest BCUT2D eigenvalue weighted by Gasteiger charge is -2.29. The second-order valence-corrected chi connectivity index (χ2v) is 8.35. The van der Waals surface area contributed by atoms with E-state index in [1.54, 1.807) is 0 Å². The molecular weight excluding hydrogens is 403 g/mol. The minimum atomic E-state index is -4.96. The van der Waals surface area contributed by atoms with E-state index < -0.39 is 59.9 Å². The molecule has 0 spiro atoms. The third-order valence-corrected chi connectivity index (χ3v) is 6.41. The Labute approximate surface area is 171 Å². The SMILES string of the molecule is C[C@H](NC(=O)Cn1c(C(F)(F)F)c(CCO)cc(C(N)=O)c1=O)[C@H]1C[C@H]2CC[C@H]1C2. The van der Waals surface area contributed by atoms with Crippen LogP contribution in [0.1, 0.15) is 54.2 Å². The molecule has 0 aliphatic heterocycles. The van der Waals surface area contributed by atoms with Gasteiger partial charge >= 0.3 is 6.18 Å². The Balaban J connectivity index is 1.90. The quantitative estimate of drug-likeness (QED) is 0.609. The number of carbonyl (C=O) groups excluding carboxylic acids is 2. The maximum atomic E-state index is 13.7. The monoisotopic (exact) mass is 429 g/mol. The highest BCUT2D eigenvalue weighted by atomic mass is 19.4. The molecule has 2 amide bonds. The van der Waals surface area contributed by atoms with E-state index in [1.165, 1.54) is 6.42 Å². The van der Waals surface area contributed by atoms with Gasteiger partial charge in [-0.05, 0) is 62.0 Å². The van der Waals surface area contributed by atoms with Crippen molar-refractivity contribution in [2.75, 3.05) is 6.61 Å². The molecule has 4 N–H and O–H groups in total. The summed E-state index contributed by atoms with van der Waals surface area (Å²) in [5.41, 5.74) is 1.39. The van der Waals surface area contributed by atoms with Crippen LogP contribution in [0.2, 0.25) is 0 Å². The van der Waals surface area contributed by atoms with E-state index in [4.69, 9.17) is 10.8 Å². The highest BCUT2D eigenvalue weighted by Crippen LogP contribution is 2.49. The number of carbonyl (C=O) groups is 2. The summed E-state index contributed by atoms with van der Waals surface area (Å²) in [6.07, 6.45) is -1.03. The fourth-order valence-corrected chi connectivity index (χ4v) is 5.15. The third-order valence-electron chi connectivity index (χ3n) is 6.41. The molecule has 1 aromatic rings. The number of hydrogen-bond acceptors (Lipinski definition) is 4. The Bertz CT molecular complexity index is 897. The number of nitrogens with one attached hydrogen (secondary N) is 1. The number of hydrogen-bond donors (Lipinski definition) is 3. The van der Waals surface area contributed by atoms with E-state index in [1.807, 2.05) is 6.92 Å². The van der Waals surface area contributed by atoms with Crippen LogP contribution in [-0.4, -0.2) is 34.1 Å². The number of halogens is 3. The average molecular weight is 429 g/mol. The van der Waals surface area contributed by atoms with Crippen molar-refractivity contribution in [1.82, 2.24) is 9.88 Å². The number of pyridine rings is 1. The molecule has 7 nitrogen and oxygen atoms in total. The Morgan fingerprint density at radius 1 is 1.33 bits per heavy atom. The minimum absolute atomic E-state index is 0.228. The number of nitrogens with zero attached hydrogens (tertiary/aromatic N) is 1. The van der Waals surface area contributed by atoms with E-state index in [-0.39, 0.29) is 16.5 Å². The summed E-state index contributed by atoms with van der Waals surface area (Å²) < 4.78 is 41.4. The van der Waals surface area contributed by atoms with Gasteiger partial charge in [0.2, 0.25) is 5.91 Å². The molecule has 2 aliphatic carbocycles. The molecule has 2 bridgehead atoms. The van der Waals surface area contributed by atoms with E-state index in [0.717, 1.165) is 25.3 Å². The normalized spacial score (nSPS) is 24.1. The van der Waals surface area contributed by atoms with E-state index in [9.17, 15) is 27.6 Å². The predicted molar refractivity (Wildman–Crippen MR) is 102 cm³/mol. The number of fused-ring (bicyclic) bond motifs is 2. The van der Waals surface area contributed by atoms with Gasteiger partial charge in [-0.25, -0.2) is 0 Å². The van der Waals surface area contributed by atoms with E-state index in [0.29, 0.717) is 11.8 Å². The Morgan fingerprint density at radius 2 is 2.03 bits per heavy atom. The maximum absolute atomic E-state index is 13.7. The van der Waals surface area contributed by atoms with Gasteiger partial charge in [-0.2, -0.15) is 13.2 Å². The van der Waals surface area contributed by atoms with Gasteiger partial charge in [0.15, 0.2) is 0 Å². The van der Waals surface area contributed by atoms with Crippen LogP contribution in [0.3, 0.4) is 0 Å². The molecule has 4 atom stereocenters. The maximum Gasteiger partial charge on any atom is 0.431 e. The van der Waals surface area contributed by atoms with Crippen LogP contribution in [0, 0.1) is 17.8 Å². The first-order chi connectivity index (χ1) is 14.0. The summed E-state index contributed by atoms with van der Waals surface area (Å²) in [5.74, 6) is -0.513. The Morgan fingerprint density at radius 3 is 2.53 bits per heavy atom. The van der Waals surface area contributed by atoms with Gasteiger partial charge < -0.3 is 16.2 Å². The number of alkyl halides is 3. The van der Waals surface area contributed by atoms with Crippen LogP contribution >= 0.6 is 0 Å². The molecule has 1 heterocycles. The standard InChI is InChI=1S/C20H26F3N3O4/c1-10(14-7-11-2-3-12(14)6-11)25-16(28)9-26-17(20(21,22)23)13(4-5-27)8-15(18(24)29)19(26)30/h8,10-12,14,27H,2-7,9H2,1H3,(H2,24,29)(H,25,28)/t10-,11-,12-,14+/m0/s1. The first-order valence-corrected chi connectivity index (χ1v) is 10.1. The number of aliphatic hydroxyl groups excluding tert-OH is 1. The summed E-state index contributed by atoms with van der Waals surface area (Å²) in [6, 6.07) is 0.518. The lowest BCUT2D eigenvalue weighted by Crippen LogP contribution is -2.44. The second kappa shape index (κ2) is 8.41. The molecule has 2 fully saturated rings. The van der Waals surface area contributed by atoms with Crippen molar-refractivity contribution < 1.29 is 27.9 Å². The van der Waals surface area contributed by atoms with Crippen LogP contribution in [0.15, 0.2) is 10.9 Å². The van der Waals surface area contributed by atoms with E-state index >= 15 is 0 Å². The van der Waals surface area contributed by atoms with Gasteiger partial charge in [-0.3, -0.25) is 19.0 Å². The van der Waals surface area contributed by atoms with Crippen molar-refractivity contribution in [2.45, 2.75) is 57.8 Å². The van der Waals surface area contributed by atoms with Crippen molar-refractivity contribution in [3.05, 3.63) is 33.2 Å². The van der Waals surface area contributed by atoms with Gasteiger partial charge in [0.25, 0.3) is 11.5 Å². The van der Waals surface area contributed by atoms with E-state index in [2.05, 4.69) is 5.32 Å². The van der Waals surface area contributed by atoms with Crippen molar-refractivity contribution in [2.24, 2.45) is 23.5 Å². The smallest absolute Gasteiger partial charge is 0.396 e. The largest absolute Gasteiger partial charge is 0.431 e. The molecule has 0 aromatic carbocycles. The molecule has 0 unspecified atom stereocenters. The zero-order valence-electron chi connectivity index (χ0n) is 16.7. The van der Waals surface area contributed by atoms with Crippen molar-refractivity contribution in [3.8, 4) is 0 Å². The zero-order valence-corrected chi connectivity index (χ0v) is 16.7. The number of aromatic nitrogens is 1. The fraction of sp³-hybridized carbons (Fsp3) is 0.650. The second-order valence-electron chi connectivity index (χ2n) is 8.35. The number of amides is 2. The Kier molecular flexibility index (Phi) is 6.26. The van der Waals surface area contributed by atoms with Crippen molar-refractivity contribution >= 4 is 11.8 Å². The van der Waals surface area contributed by atoms with Gasteiger partial charge in [0, 0.05) is 12.6 Å². The number of nitrogens with two attached hydrogens (primary N) is 1. The molecule has 30 heavy (non-hydrogen) atoms. The van der Waals surface area contributed by atoms with Crippen LogP contribution in [0.5, 0.6) is 0 Å². The third kappa shape index (κ3) is 4.38. The number of primary amides is 1. The molecule has 1 aromatic heterocycles. The lowest BCUT2D eigenvalue weighted by molar-refractivity contribution is -0.145. The Hall–Kier alpha value is -2.36.